The molecule has 18 heavy (non-hydrogen) atoms. The largest absolute Gasteiger partial charge is 0.462 e. The van der Waals surface area contributed by atoms with Gasteiger partial charge in [-0.25, -0.2) is 4.79 Å². The van der Waals surface area contributed by atoms with Gasteiger partial charge >= 0.3 is 5.97 Å². The van der Waals surface area contributed by atoms with Gasteiger partial charge < -0.3 is 10.5 Å². The van der Waals surface area contributed by atoms with Gasteiger partial charge in [0.25, 0.3) is 0 Å². The van der Waals surface area contributed by atoms with E-state index in [2.05, 4.69) is 0 Å². The highest BCUT2D eigenvalue weighted by molar-refractivity contribution is 5.89. The number of carbonyl (C=O) groups excluding carboxylic acids is 1. The molecule has 0 radical (unpaired) electrons. The van der Waals surface area contributed by atoms with Crippen molar-refractivity contribution < 1.29 is 9.53 Å². The van der Waals surface area contributed by atoms with Crippen LogP contribution in [0.25, 0.3) is 0 Å². The molecule has 0 aromatic heterocycles. The molecule has 2 rings (SSSR count). The lowest BCUT2D eigenvalue weighted by molar-refractivity contribution is 0.0526. The van der Waals surface area contributed by atoms with E-state index in [9.17, 15) is 4.79 Å². The van der Waals surface area contributed by atoms with Crippen LogP contribution in [0.15, 0.2) is 24.3 Å². The van der Waals surface area contributed by atoms with E-state index < -0.39 is 0 Å². The van der Waals surface area contributed by atoms with E-state index in [1.165, 1.54) is 5.56 Å². The number of benzene rings is 1. The van der Waals surface area contributed by atoms with Crippen molar-refractivity contribution in [2.45, 2.75) is 44.6 Å². The molecule has 1 aromatic carbocycles. The van der Waals surface area contributed by atoms with Crippen molar-refractivity contribution in [1.29, 1.82) is 0 Å². The molecule has 3 heteroatoms. The molecule has 2 N–H and O–H groups in total. The summed E-state index contributed by atoms with van der Waals surface area (Å²) in [5.74, 6) is 0.357. The molecule has 0 heterocycles. The lowest BCUT2D eigenvalue weighted by Crippen LogP contribution is -2.25. The van der Waals surface area contributed by atoms with Crippen molar-refractivity contribution in [3.05, 3.63) is 35.4 Å². The molecule has 3 nitrogen and oxygen atoms in total. The molecule has 98 valence electrons. The smallest absolute Gasteiger partial charge is 0.338 e. The van der Waals surface area contributed by atoms with Gasteiger partial charge in [-0.2, -0.15) is 0 Å². The Morgan fingerprint density at radius 1 is 1.22 bits per heavy atom. The quantitative estimate of drug-likeness (QED) is 0.836. The van der Waals surface area contributed by atoms with Gasteiger partial charge in [0.1, 0.15) is 0 Å². The van der Waals surface area contributed by atoms with E-state index in [1.54, 1.807) is 0 Å². The van der Waals surface area contributed by atoms with Crippen LogP contribution in [0, 0.1) is 0 Å². The first-order valence-electron chi connectivity index (χ1n) is 6.73. The van der Waals surface area contributed by atoms with E-state index in [0.29, 0.717) is 24.1 Å². The monoisotopic (exact) mass is 247 g/mol. The predicted molar refractivity (Wildman–Crippen MR) is 71.6 cm³/mol. The van der Waals surface area contributed by atoms with E-state index in [4.69, 9.17) is 10.5 Å². The second-order valence-corrected chi connectivity index (χ2v) is 4.95. The number of carbonyl (C=O) groups is 1. The summed E-state index contributed by atoms with van der Waals surface area (Å²) in [6.07, 6.45) is 4.51. The van der Waals surface area contributed by atoms with Crippen LogP contribution in [0.4, 0.5) is 0 Å². The van der Waals surface area contributed by atoms with Gasteiger partial charge in [0, 0.05) is 6.04 Å². The molecule has 0 amide bonds. The van der Waals surface area contributed by atoms with Gasteiger partial charge in [-0.15, -0.1) is 0 Å². The maximum Gasteiger partial charge on any atom is 0.338 e. The summed E-state index contributed by atoms with van der Waals surface area (Å²) in [7, 11) is 0. The van der Waals surface area contributed by atoms with Gasteiger partial charge in [-0.05, 0) is 56.2 Å². The first-order valence-corrected chi connectivity index (χ1v) is 6.73. The summed E-state index contributed by atoms with van der Waals surface area (Å²) in [6.45, 7) is 2.23. The number of hydrogen-bond donors (Lipinski definition) is 1. The molecule has 1 saturated carbocycles. The van der Waals surface area contributed by atoms with E-state index in [-0.39, 0.29) is 5.97 Å². The molecule has 0 bridgehead atoms. The van der Waals surface area contributed by atoms with Crippen LogP contribution in [0.2, 0.25) is 0 Å². The number of nitrogens with two attached hydrogens (primary N) is 1. The average Bonchev–Trinajstić information content (AvgIpc) is 2.40. The zero-order valence-corrected chi connectivity index (χ0v) is 10.9. The third-order valence-corrected chi connectivity index (χ3v) is 3.67. The van der Waals surface area contributed by atoms with Crippen molar-refractivity contribution in [1.82, 2.24) is 0 Å². The summed E-state index contributed by atoms with van der Waals surface area (Å²) >= 11 is 0. The Balaban J connectivity index is 2.01. The fraction of sp³-hybridized carbons (Fsp3) is 0.533. The van der Waals surface area contributed by atoms with Crippen LogP contribution in [0.5, 0.6) is 0 Å². The molecule has 1 aliphatic carbocycles. The normalized spacial score (nSPS) is 23.7. The molecule has 1 fully saturated rings. The topological polar surface area (TPSA) is 52.3 Å². The lowest BCUT2D eigenvalue weighted by Gasteiger charge is -2.26. The van der Waals surface area contributed by atoms with Crippen LogP contribution >= 0.6 is 0 Å². The van der Waals surface area contributed by atoms with E-state index in [0.717, 1.165) is 25.7 Å². The number of rotatable bonds is 3. The molecule has 0 atom stereocenters. The third-order valence-electron chi connectivity index (χ3n) is 3.67. The Morgan fingerprint density at radius 2 is 1.83 bits per heavy atom. The Bertz CT molecular complexity index is 391. The highest BCUT2D eigenvalue weighted by Crippen LogP contribution is 2.32. The van der Waals surface area contributed by atoms with Crippen LogP contribution in [0.3, 0.4) is 0 Å². The molecule has 0 aliphatic heterocycles. The zero-order chi connectivity index (χ0) is 13.0. The Kier molecular flexibility index (Phi) is 4.37. The molecule has 0 saturated heterocycles. The van der Waals surface area contributed by atoms with Gasteiger partial charge in [0.05, 0.1) is 12.2 Å². The number of hydrogen-bond acceptors (Lipinski definition) is 3. The van der Waals surface area contributed by atoms with Gasteiger partial charge in [0.15, 0.2) is 0 Å². The Morgan fingerprint density at radius 3 is 2.39 bits per heavy atom. The Hall–Kier alpha value is -1.35. The maximum absolute atomic E-state index is 11.5. The zero-order valence-electron chi connectivity index (χ0n) is 10.9. The van der Waals surface area contributed by atoms with Crippen molar-refractivity contribution in [2.24, 2.45) is 5.73 Å². The highest BCUT2D eigenvalue weighted by Gasteiger charge is 2.20. The fourth-order valence-electron chi connectivity index (χ4n) is 2.56. The van der Waals surface area contributed by atoms with Crippen molar-refractivity contribution in [2.75, 3.05) is 6.61 Å². The predicted octanol–water partition coefficient (Wildman–Crippen LogP) is 2.85. The van der Waals surface area contributed by atoms with E-state index >= 15 is 0 Å². The second kappa shape index (κ2) is 6.01. The van der Waals surface area contributed by atoms with Gasteiger partial charge in [-0.1, -0.05) is 12.1 Å². The number of ether oxygens (including phenoxy) is 1. The highest BCUT2D eigenvalue weighted by atomic mass is 16.5. The van der Waals surface area contributed by atoms with Crippen LogP contribution < -0.4 is 5.73 Å². The maximum atomic E-state index is 11.5. The van der Waals surface area contributed by atoms with Gasteiger partial charge in [0.2, 0.25) is 0 Å². The molecule has 1 aliphatic rings. The first kappa shape index (κ1) is 13.1. The summed E-state index contributed by atoms with van der Waals surface area (Å²) in [5, 5.41) is 0. The summed E-state index contributed by atoms with van der Waals surface area (Å²) in [4.78, 5) is 11.5. The fourth-order valence-corrected chi connectivity index (χ4v) is 2.56. The van der Waals surface area contributed by atoms with Crippen molar-refractivity contribution in [3.8, 4) is 0 Å². The minimum atomic E-state index is -0.241. The molecular weight excluding hydrogens is 226 g/mol. The molecular formula is C15H21NO2. The van der Waals surface area contributed by atoms with Crippen molar-refractivity contribution in [3.63, 3.8) is 0 Å². The third kappa shape index (κ3) is 3.10. The summed E-state index contributed by atoms with van der Waals surface area (Å²) < 4.78 is 4.97. The summed E-state index contributed by atoms with van der Waals surface area (Å²) in [6, 6.07) is 8.20. The van der Waals surface area contributed by atoms with Gasteiger partial charge in [-0.3, -0.25) is 0 Å². The van der Waals surface area contributed by atoms with Crippen molar-refractivity contribution >= 4 is 5.97 Å². The minimum absolute atomic E-state index is 0.241. The van der Waals surface area contributed by atoms with Crippen LogP contribution in [-0.4, -0.2) is 18.6 Å². The summed E-state index contributed by atoms with van der Waals surface area (Å²) in [5.41, 5.74) is 7.86. The molecule has 1 aromatic rings. The SMILES string of the molecule is CCOC(=O)c1ccc(C2CCC(N)CC2)cc1. The van der Waals surface area contributed by atoms with Crippen LogP contribution in [-0.2, 0) is 4.74 Å². The lowest BCUT2D eigenvalue weighted by atomic mass is 9.82. The number of esters is 1. The van der Waals surface area contributed by atoms with E-state index in [1.807, 2.05) is 31.2 Å². The second-order valence-electron chi connectivity index (χ2n) is 4.95. The standard InChI is InChI=1S/C15H21NO2/c1-2-18-15(17)13-5-3-11(4-6-13)12-7-9-14(16)10-8-12/h3-6,12,14H,2,7-10,16H2,1H3. The first-order chi connectivity index (χ1) is 8.70. The average molecular weight is 247 g/mol. The minimum Gasteiger partial charge on any atom is -0.462 e. The molecule has 0 unspecified atom stereocenters. The Labute approximate surface area is 108 Å². The molecule has 0 spiro atoms. The van der Waals surface area contributed by atoms with Crippen LogP contribution in [0.1, 0.15) is 54.4 Å².